The fraction of sp³-hybridized carbons (Fsp3) is 0.471. The molecule has 0 spiro atoms. The van der Waals surface area contributed by atoms with Gasteiger partial charge in [0.15, 0.2) is 5.75 Å². The fourth-order valence-corrected chi connectivity index (χ4v) is 2.82. The number of nitrogens with zero attached hydrogens (tertiary/aromatic N) is 3. The number of likely N-dealkylation sites (tertiary alicyclic amines) is 1. The van der Waals surface area contributed by atoms with Crippen LogP contribution in [-0.2, 0) is 6.54 Å². The number of aromatic nitrogens is 2. The molecule has 1 aromatic heterocycles. The van der Waals surface area contributed by atoms with Gasteiger partial charge in [-0.05, 0) is 32.0 Å². The van der Waals surface area contributed by atoms with Gasteiger partial charge in [0.1, 0.15) is 6.61 Å². The van der Waals surface area contributed by atoms with Gasteiger partial charge in [0.05, 0.1) is 18.9 Å². The first-order valence-corrected chi connectivity index (χ1v) is 7.71. The normalized spacial score (nSPS) is 19.6. The Labute approximate surface area is 126 Å². The van der Waals surface area contributed by atoms with E-state index in [0.717, 1.165) is 18.9 Å². The summed E-state index contributed by atoms with van der Waals surface area (Å²) >= 11 is 0. The summed E-state index contributed by atoms with van der Waals surface area (Å²) in [7, 11) is 2.19. The quantitative estimate of drug-likeness (QED) is 0.846. The minimum absolute atomic E-state index is 0.538. The lowest BCUT2D eigenvalue weighted by Gasteiger charge is -2.31. The molecule has 2 aromatic rings. The topological polar surface area (TPSA) is 30.3 Å². The third kappa shape index (κ3) is 3.85. The predicted molar refractivity (Wildman–Crippen MR) is 83.5 cm³/mol. The lowest BCUT2D eigenvalue weighted by atomic mass is 10.0. The molecular weight excluding hydrogens is 262 g/mol. The van der Waals surface area contributed by atoms with Crippen molar-refractivity contribution in [2.75, 3.05) is 20.2 Å². The first-order chi connectivity index (χ1) is 10.3. The van der Waals surface area contributed by atoms with Gasteiger partial charge >= 0.3 is 0 Å². The molecule has 1 fully saturated rings. The Hall–Kier alpha value is -1.81. The van der Waals surface area contributed by atoms with E-state index in [1.165, 1.54) is 31.4 Å². The van der Waals surface area contributed by atoms with E-state index in [1.54, 1.807) is 0 Å². The molecule has 0 amide bonds. The first-order valence-electron chi connectivity index (χ1n) is 7.71. The molecule has 4 heteroatoms. The highest BCUT2D eigenvalue weighted by molar-refractivity contribution is 5.17. The van der Waals surface area contributed by atoms with Crippen LogP contribution in [0.4, 0.5) is 0 Å². The van der Waals surface area contributed by atoms with Gasteiger partial charge in [0.25, 0.3) is 0 Å². The lowest BCUT2D eigenvalue weighted by molar-refractivity contribution is 0.125. The van der Waals surface area contributed by atoms with Gasteiger partial charge in [-0.2, -0.15) is 5.10 Å². The van der Waals surface area contributed by atoms with Gasteiger partial charge in [-0.3, -0.25) is 4.68 Å². The molecule has 4 nitrogen and oxygen atoms in total. The summed E-state index contributed by atoms with van der Waals surface area (Å²) < 4.78 is 7.84. The third-order valence-electron chi connectivity index (χ3n) is 4.16. The summed E-state index contributed by atoms with van der Waals surface area (Å²) in [6, 6.07) is 10.9. The molecule has 2 heterocycles. The summed E-state index contributed by atoms with van der Waals surface area (Å²) in [5.74, 6) is 0.866. The predicted octanol–water partition coefficient (Wildman–Crippen LogP) is 2.79. The van der Waals surface area contributed by atoms with E-state index in [2.05, 4.69) is 41.3 Å². The molecule has 3 rings (SSSR count). The van der Waals surface area contributed by atoms with Gasteiger partial charge in [-0.25, -0.2) is 0 Å². The second-order valence-corrected chi connectivity index (χ2v) is 5.80. The molecule has 0 aliphatic carbocycles. The number of rotatable bonds is 5. The number of benzene rings is 1. The Kier molecular flexibility index (Phi) is 4.55. The largest absolute Gasteiger partial charge is 0.489 e. The minimum atomic E-state index is 0.538. The van der Waals surface area contributed by atoms with Gasteiger partial charge in [0, 0.05) is 6.04 Å². The van der Waals surface area contributed by atoms with E-state index < -0.39 is 0 Å². The minimum Gasteiger partial charge on any atom is -0.489 e. The van der Waals surface area contributed by atoms with Crippen LogP contribution in [0.5, 0.6) is 5.75 Å². The van der Waals surface area contributed by atoms with E-state index >= 15 is 0 Å². The van der Waals surface area contributed by atoms with Crippen molar-refractivity contribution < 1.29 is 4.74 Å². The maximum atomic E-state index is 5.91. The van der Waals surface area contributed by atoms with Crippen LogP contribution in [-0.4, -0.2) is 40.9 Å². The zero-order valence-corrected chi connectivity index (χ0v) is 12.6. The number of likely N-dealkylation sites (N-methyl/N-ethyl adjacent to an activating group) is 1. The monoisotopic (exact) mass is 285 g/mol. The Bertz CT molecular complexity index is 552. The first kappa shape index (κ1) is 14.1. The van der Waals surface area contributed by atoms with Crippen molar-refractivity contribution in [3.05, 3.63) is 48.3 Å². The summed E-state index contributed by atoms with van der Waals surface area (Å²) in [5.41, 5.74) is 1.25. The Morgan fingerprint density at radius 3 is 2.90 bits per heavy atom. The van der Waals surface area contributed by atoms with Crippen molar-refractivity contribution in [2.24, 2.45) is 0 Å². The molecule has 1 atom stereocenters. The Morgan fingerprint density at radius 1 is 1.24 bits per heavy atom. The van der Waals surface area contributed by atoms with Crippen LogP contribution >= 0.6 is 0 Å². The van der Waals surface area contributed by atoms with Crippen LogP contribution < -0.4 is 4.74 Å². The molecule has 0 radical (unpaired) electrons. The smallest absolute Gasteiger partial charge is 0.157 e. The zero-order valence-electron chi connectivity index (χ0n) is 12.6. The van der Waals surface area contributed by atoms with Crippen molar-refractivity contribution in [1.82, 2.24) is 14.7 Å². The highest BCUT2D eigenvalue weighted by Gasteiger charge is 2.19. The van der Waals surface area contributed by atoms with Gasteiger partial charge in [-0.1, -0.05) is 36.8 Å². The summed E-state index contributed by atoms with van der Waals surface area (Å²) in [4.78, 5) is 2.40. The second kappa shape index (κ2) is 6.76. The number of hydrogen-bond acceptors (Lipinski definition) is 3. The van der Waals surface area contributed by atoms with Crippen molar-refractivity contribution in [3.8, 4) is 5.75 Å². The highest BCUT2D eigenvalue weighted by atomic mass is 16.5. The van der Waals surface area contributed by atoms with Crippen LogP contribution in [0, 0.1) is 0 Å². The number of piperidine rings is 1. The maximum absolute atomic E-state index is 5.91. The number of ether oxygens (including phenoxy) is 1. The molecule has 1 saturated heterocycles. The van der Waals surface area contributed by atoms with E-state index in [-0.39, 0.29) is 0 Å². The van der Waals surface area contributed by atoms with E-state index in [9.17, 15) is 0 Å². The van der Waals surface area contributed by atoms with Crippen LogP contribution in [0.2, 0.25) is 0 Å². The van der Waals surface area contributed by atoms with Gasteiger partial charge in [0.2, 0.25) is 0 Å². The highest BCUT2D eigenvalue weighted by Crippen LogP contribution is 2.17. The molecule has 0 N–H and O–H groups in total. The van der Waals surface area contributed by atoms with E-state index in [4.69, 9.17) is 4.74 Å². The molecule has 112 valence electrons. The van der Waals surface area contributed by atoms with Crippen molar-refractivity contribution in [1.29, 1.82) is 0 Å². The van der Waals surface area contributed by atoms with E-state index in [1.807, 2.05) is 23.1 Å². The summed E-state index contributed by atoms with van der Waals surface area (Å²) in [5, 5.41) is 4.37. The fourth-order valence-electron chi connectivity index (χ4n) is 2.82. The van der Waals surface area contributed by atoms with Crippen molar-refractivity contribution >= 4 is 0 Å². The van der Waals surface area contributed by atoms with Gasteiger partial charge in [-0.15, -0.1) is 0 Å². The average Bonchev–Trinajstić information content (AvgIpc) is 2.95. The standard InChI is InChI=1S/C17H23N3O/c1-19-10-6-5-9-16(19)14-21-17-11-18-20(13-17)12-15-7-3-2-4-8-15/h2-4,7-8,11,13,16H,5-6,9-10,12,14H2,1H3. The Morgan fingerprint density at radius 2 is 2.10 bits per heavy atom. The molecule has 0 saturated carbocycles. The van der Waals surface area contributed by atoms with Crippen LogP contribution in [0.1, 0.15) is 24.8 Å². The van der Waals surface area contributed by atoms with Crippen LogP contribution in [0.15, 0.2) is 42.7 Å². The molecule has 0 bridgehead atoms. The third-order valence-corrected chi connectivity index (χ3v) is 4.16. The molecule has 1 aromatic carbocycles. The maximum Gasteiger partial charge on any atom is 0.157 e. The molecule has 1 aliphatic heterocycles. The summed E-state index contributed by atoms with van der Waals surface area (Å²) in [6.45, 7) is 2.72. The average molecular weight is 285 g/mol. The molecule has 1 aliphatic rings. The van der Waals surface area contributed by atoms with Crippen molar-refractivity contribution in [2.45, 2.75) is 31.8 Å². The van der Waals surface area contributed by atoms with Crippen LogP contribution in [0.25, 0.3) is 0 Å². The van der Waals surface area contributed by atoms with Crippen LogP contribution in [0.3, 0.4) is 0 Å². The van der Waals surface area contributed by atoms with Crippen molar-refractivity contribution in [3.63, 3.8) is 0 Å². The second-order valence-electron chi connectivity index (χ2n) is 5.80. The lowest BCUT2D eigenvalue weighted by Crippen LogP contribution is -2.40. The molecule has 21 heavy (non-hydrogen) atoms. The molecule has 1 unspecified atom stereocenters. The Balaban J connectivity index is 1.53. The summed E-state index contributed by atoms with van der Waals surface area (Å²) in [6.07, 6.45) is 7.64. The van der Waals surface area contributed by atoms with E-state index in [0.29, 0.717) is 6.04 Å². The zero-order chi connectivity index (χ0) is 14.5. The SMILES string of the molecule is CN1CCCCC1COc1cnn(Cc2ccccc2)c1. The van der Waals surface area contributed by atoms with Gasteiger partial charge < -0.3 is 9.64 Å². The molecular formula is C17H23N3O. The number of hydrogen-bond donors (Lipinski definition) is 0.